The number of carbonyl (C=O) groups excluding carboxylic acids is 2. The minimum Gasteiger partial charge on any atom is -0.460 e. The number of aryl methyl sites for hydroxylation is 1. The second-order valence-corrected chi connectivity index (χ2v) is 14.3. The fourth-order valence-electron chi connectivity index (χ4n) is 4.16. The Bertz CT molecular complexity index is 1450. The Morgan fingerprint density at radius 3 is 2.18 bits per heavy atom. The first kappa shape index (κ1) is 30.5. The average Bonchev–Trinajstić information content (AvgIpc) is 2.83. The number of ketones is 1. The fraction of sp³-hybridized carbons (Fsp3) is 0.387. The summed E-state index contributed by atoms with van der Waals surface area (Å²) in [6.07, 6.45) is 1.61. The second-order valence-electron chi connectivity index (χ2n) is 11.6. The molecule has 8 heteroatoms. The van der Waals surface area contributed by atoms with Crippen LogP contribution in [-0.4, -0.2) is 36.6 Å². The molecule has 1 heterocycles. The SMILES string of the molecule is Cn1cc(-c2ccccc2C(=O)c2ccc(Cl)cc2)c([C@H](CC(=O)OC(C)(C)C)C[S@@](=O)C(C)(C)C)cc1=O. The van der Waals surface area contributed by atoms with E-state index in [4.69, 9.17) is 16.3 Å². The maximum absolute atomic E-state index is 13.6. The summed E-state index contributed by atoms with van der Waals surface area (Å²) in [6, 6.07) is 15.3. The van der Waals surface area contributed by atoms with Gasteiger partial charge in [-0.1, -0.05) is 35.9 Å². The average molecular weight is 570 g/mol. The number of aromatic nitrogens is 1. The third-order valence-corrected chi connectivity index (χ3v) is 8.46. The van der Waals surface area contributed by atoms with Crippen molar-refractivity contribution in [3.63, 3.8) is 0 Å². The molecule has 0 N–H and O–H groups in total. The van der Waals surface area contributed by atoms with Gasteiger partial charge in [0.05, 0.1) is 6.42 Å². The van der Waals surface area contributed by atoms with Gasteiger partial charge in [-0.3, -0.25) is 18.6 Å². The summed E-state index contributed by atoms with van der Waals surface area (Å²) in [5.74, 6) is -1.09. The molecule has 0 saturated heterocycles. The van der Waals surface area contributed by atoms with E-state index >= 15 is 0 Å². The van der Waals surface area contributed by atoms with Crippen molar-refractivity contribution < 1.29 is 18.5 Å². The first-order valence-electron chi connectivity index (χ1n) is 12.8. The molecule has 1 aromatic heterocycles. The third kappa shape index (κ3) is 7.99. The zero-order valence-electron chi connectivity index (χ0n) is 23.5. The van der Waals surface area contributed by atoms with Gasteiger partial charge in [-0.25, -0.2) is 0 Å². The maximum atomic E-state index is 13.6. The van der Waals surface area contributed by atoms with Gasteiger partial charge in [-0.05, 0) is 76.9 Å². The van der Waals surface area contributed by atoms with E-state index in [1.165, 1.54) is 10.6 Å². The zero-order chi connectivity index (χ0) is 29.1. The van der Waals surface area contributed by atoms with E-state index in [0.717, 1.165) is 0 Å². The number of carbonyl (C=O) groups is 2. The van der Waals surface area contributed by atoms with Crippen molar-refractivity contribution in [3.8, 4) is 11.1 Å². The predicted molar refractivity (Wildman–Crippen MR) is 158 cm³/mol. The Morgan fingerprint density at radius 1 is 0.974 bits per heavy atom. The summed E-state index contributed by atoms with van der Waals surface area (Å²) in [4.78, 5) is 39.5. The molecule has 0 amide bonds. The Hall–Kier alpha value is -3.03. The molecule has 0 aliphatic heterocycles. The van der Waals surface area contributed by atoms with Crippen LogP contribution in [0, 0.1) is 0 Å². The summed E-state index contributed by atoms with van der Waals surface area (Å²) < 4.78 is 19.8. The molecule has 0 spiro atoms. The lowest BCUT2D eigenvalue weighted by molar-refractivity contribution is -0.155. The summed E-state index contributed by atoms with van der Waals surface area (Å²) in [5, 5.41) is 0.525. The Morgan fingerprint density at radius 2 is 1.59 bits per heavy atom. The third-order valence-electron chi connectivity index (χ3n) is 6.14. The molecule has 0 bridgehead atoms. The molecule has 0 aliphatic carbocycles. The molecule has 0 radical (unpaired) electrons. The van der Waals surface area contributed by atoms with Crippen LogP contribution in [0.5, 0.6) is 0 Å². The van der Waals surface area contributed by atoms with Crippen molar-refractivity contribution in [1.82, 2.24) is 4.57 Å². The van der Waals surface area contributed by atoms with Crippen LogP contribution in [0.1, 0.15) is 75.4 Å². The van der Waals surface area contributed by atoms with Gasteiger partial charge in [0.2, 0.25) is 0 Å². The minimum atomic E-state index is -1.33. The lowest BCUT2D eigenvalue weighted by Gasteiger charge is -2.27. The van der Waals surface area contributed by atoms with Crippen LogP contribution in [0.4, 0.5) is 0 Å². The van der Waals surface area contributed by atoms with Crippen LogP contribution in [0.15, 0.2) is 65.6 Å². The molecule has 3 rings (SSSR count). The summed E-state index contributed by atoms with van der Waals surface area (Å²) in [5.41, 5.74) is 1.72. The molecular weight excluding hydrogens is 534 g/mol. The highest BCUT2D eigenvalue weighted by Gasteiger charge is 2.30. The quantitative estimate of drug-likeness (QED) is 0.235. The monoisotopic (exact) mass is 569 g/mol. The standard InChI is InChI=1S/C31H36ClNO5S/c1-30(2,3)38-28(35)16-21(19-39(37)31(4,5)6)25-17-27(34)33(7)18-26(25)23-10-8-9-11-24(23)29(36)20-12-14-22(32)15-13-20/h8-15,17-18,21H,16,19H2,1-7H3/t21-,39-/m1/s1. The number of halogens is 1. The van der Waals surface area contributed by atoms with Gasteiger partial charge in [0.15, 0.2) is 5.78 Å². The molecule has 2 atom stereocenters. The molecule has 0 aliphatic rings. The topological polar surface area (TPSA) is 82.4 Å². The number of nitrogens with zero attached hydrogens (tertiary/aromatic N) is 1. The predicted octanol–water partition coefficient (Wildman–Crippen LogP) is 6.30. The van der Waals surface area contributed by atoms with E-state index in [9.17, 15) is 18.6 Å². The lowest BCUT2D eigenvalue weighted by Crippen LogP contribution is -2.30. The van der Waals surface area contributed by atoms with Crippen LogP contribution in [0.2, 0.25) is 5.02 Å². The van der Waals surface area contributed by atoms with E-state index in [0.29, 0.717) is 32.8 Å². The van der Waals surface area contributed by atoms with E-state index in [2.05, 4.69) is 0 Å². The van der Waals surface area contributed by atoms with Gasteiger partial charge >= 0.3 is 5.97 Å². The van der Waals surface area contributed by atoms with Crippen molar-refractivity contribution in [3.05, 3.63) is 92.9 Å². The smallest absolute Gasteiger partial charge is 0.306 e. The van der Waals surface area contributed by atoms with E-state index in [-0.39, 0.29) is 23.5 Å². The number of ether oxygens (including phenoxy) is 1. The van der Waals surface area contributed by atoms with Crippen molar-refractivity contribution in [2.75, 3.05) is 5.75 Å². The summed E-state index contributed by atoms with van der Waals surface area (Å²) in [6.45, 7) is 11.0. The largest absolute Gasteiger partial charge is 0.460 e. The van der Waals surface area contributed by atoms with E-state index < -0.39 is 33.0 Å². The number of hydrogen-bond donors (Lipinski definition) is 0. The Kier molecular flexibility index (Phi) is 9.39. The summed E-state index contributed by atoms with van der Waals surface area (Å²) in [7, 11) is 0.308. The van der Waals surface area contributed by atoms with Crippen LogP contribution < -0.4 is 5.56 Å². The Balaban J connectivity index is 2.20. The van der Waals surface area contributed by atoms with Crippen LogP contribution in [0.25, 0.3) is 11.1 Å². The molecule has 3 aromatic rings. The van der Waals surface area contributed by atoms with Crippen molar-refractivity contribution >= 4 is 34.2 Å². The maximum Gasteiger partial charge on any atom is 0.306 e. The fourth-order valence-corrected chi connectivity index (χ4v) is 5.44. The molecular formula is C31H36ClNO5S. The molecule has 0 unspecified atom stereocenters. The van der Waals surface area contributed by atoms with Gasteiger partial charge < -0.3 is 9.30 Å². The zero-order valence-corrected chi connectivity index (χ0v) is 25.1. The van der Waals surface area contributed by atoms with Crippen LogP contribution in [0.3, 0.4) is 0 Å². The van der Waals surface area contributed by atoms with Crippen LogP contribution >= 0.6 is 11.6 Å². The van der Waals surface area contributed by atoms with Crippen molar-refractivity contribution in [1.29, 1.82) is 0 Å². The van der Waals surface area contributed by atoms with Gasteiger partial charge in [-0.15, -0.1) is 0 Å². The second kappa shape index (κ2) is 12.0. The van der Waals surface area contributed by atoms with E-state index in [1.807, 2.05) is 32.9 Å². The van der Waals surface area contributed by atoms with Gasteiger partial charge in [-0.2, -0.15) is 0 Å². The highest BCUT2D eigenvalue weighted by Crippen LogP contribution is 2.35. The number of pyridine rings is 1. The highest BCUT2D eigenvalue weighted by molar-refractivity contribution is 7.86. The van der Waals surface area contributed by atoms with E-state index in [1.54, 1.807) is 70.4 Å². The van der Waals surface area contributed by atoms with Gasteiger partial charge in [0.1, 0.15) is 5.60 Å². The first-order chi connectivity index (χ1) is 18.1. The van der Waals surface area contributed by atoms with Gasteiger partial charge in [0.25, 0.3) is 5.56 Å². The minimum absolute atomic E-state index is 0.0629. The molecule has 39 heavy (non-hydrogen) atoms. The van der Waals surface area contributed by atoms with Gasteiger partial charge in [0, 0.05) is 68.2 Å². The number of benzene rings is 2. The molecule has 0 fully saturated rings. The van der Waals surface area contributed by atoms with Crippen LogP contribution in [-0.2, 0) is 27.4 Å². The molecule has 6 nitrogen and oxygen atoms in total. The van der Waals surface area contributed by atoms with Crippen molar-refractivity contribution in [2.45, 2.75) is 64.2 Å². The summed E-state index contributed by atoms with van der Waals surface area (Å²) >= 11 is 6.03. The first-order valence-corrected chi connectivity index (χ1v) is 14.5. The molecule has 208 valence electrons. The number of hydrogen-bond acceptors (Lipinski definition) is 5. The molecule has 0 saturated carbocycles. The van der Waals surface area contributed by atoms with Crippen molar-refractivity contribution in [2.24, 2.45) is 7.05 Å². The Labute approximate surface area is 237 Å². The number of esters is 1. The molecule has 2 aromatic carbocycles. The number of rotatable bonds is 8. The lowest BCUT2D eigenvalue weighted by atomic mass is 9.87. The highest BCUT2D eigenvalue weighted by atomic mass is 35.5. The normalized spacial score (nSPS) is 13.5.